The number of morpholine rings is 1. The van der Waals surface area contributed by atoms with Crippen LogP contribution in [0, 0.1) is 0 Å². The molecule has 3 heterocycles. The fourth-order valence-electron chi connectivity index (χ4n) is 3.70. The minimum absolute atomic E-state index is 0.0627. The van der Waals surface area contributed by atoms with Crippen LogP contribution < -0.4 is 14.4 Å². The lowest BCUT2D eigenvalue weighted by Crippen LogP contribution is -2.51. The molecule has 0 saturated carbocycles. The minimum atomic E-state index is 0.0627. The van der Waals surface area contributed by atoms with Gasteiger partial charge in [0.15, 0.2) is 11.5 Å². The molecule has 1 fully saturated rings. The molecule has 150 valence electrons. The van der Waals surface area contributed by atoms with Crippen LogP contribution in [-0.2, 0) is 16.1 Å². The zero-order valence-electron chi connectivity index (χ0n) is 16.3. The maximum absolute atomic E-state index is 13.1. The summed E-state index contributed by atoms with van der Waals surface area (Å²) in [5, 5.41) is 2.06. The molecule has 0 N–H and O–H groups in total. The van der Waals surface area contributed by atoms with Crippen LogP contribution in [0.25, 0.3) is 0 Å². The number of hydrogen-bond donors (Lipinski definition) is 0. The Hall–Kier alpha value is -2.25. The van der Waals surface area contributed by atoms with Gasteiger partial charge >= 0.3 is 0 Å². The van der Waals surface area contributed by atoms with Crippen LogP contribution in [0.4, 0.5) is 5.69 Å². The highest BCUT2D eigenvalue weighted by molar-refractivity contribution is 7.09. The van der Waals surface area contributed by atoms with Gasteiger partial charge in [-0.05, 0) is 37.4 Å². The van der Waals surface area contributed by atoms with E-state index < -0.39 is 0 Å². The van der Waals surface area contributed by atoms with E-state index in [1.807, 2.05) is 43.0 Å². The second kappa shape index (κ2) is 8.41. The largest absolute Gasteiger partial charge is 0.486 e. The van der Waals surface area contributed by atoms with Crippen molar-refractivity contribution in [3.8, 4) is 11.5 Å². The number of carbonyl (C=O) groups excluding carboxylic acids is 1. The molecule has 1 amide bonds. The van der Waals surface area contributed by atoms with E-state index in [0.29, 0.717) is 39.4 Å². The van der Waals surface area contributed by atoms with E-state index in [4.69, 9.17) is 14.2 Å². The van der Waals surface area contributed by atoms with Crippen molar-refractivity contribution < 1.29 is 19.0 Å². The topological polar surface area (TPSA) is 51.2 Å². The lowest BCUT2D eigenvalue weighted by Gasteiger charge is -2.37. The van der Waals surface area contributed by atoms with E-state index in [1.54, 1.807) is 11.3 Å². The SMILES string of the molecule is C[C@@H]1CN(C(=O)CN(Cc2cccs2)c2ccc3c(c2)OCCO3)C[C@H](C)O1. The van der Waals surface area contributed by atoms with Gasteiger partial charge in [-0.2, -0.15) is 0 Å². The van der Waals surface area contributed by atoms with Gasteiger partial charge in [0.05, 0.1) is 25.3 Å². The second-order valence-corrected chi connectivity index (χ2v) is 8.35. The highest BCUT2D eigenvalue weighted by Gasteiger charge is 2.27. The molecule has 1 aromatic heterocycles. The van der Waals surface area contributed by atoms with Crippen molar-refractivity contribution in [2.45, 2.75) is 32.6 Å². The summed E-state index contributed by atoms with van der Waals surface area (Å²) in [4.78, 5) is 18.3. The Morgan fingerprint density at radius 1 is 1.14 bits per heavy atom. The van der Waals surface area contributed by atoms with Gasteiger partial charge in [-0.25, -0.2) is 0 Å². The first-order chi connectivity index (χ1) is 13.6. The molecular weight excluding hydrogens is 376 g/mol. The Kier molecular flexibility index (Phi) is 5.73. The quantitative estimate of drug-likeness (QED) is 0.769. The highest BCUT2D eigenvalue weighted by atomic mass is 32.1. The smallest absolute Gasteiger partial charge is 0.242 e. The zero-order chi connectivity index (χ0) is 19.5. The van der Waals surface area contributed by atoms with Crippen molar-refractivity contribution in [2.75, 3.05) is 37.7 Å². The fraction of sp³-hybridized carbons (Fsp3) is 0.476. The van der Waals surface area contributed by atoms with Gasteiger partial charge in [-0.1, -0.05) is 6.07 Å². The number of anilines is 1. The Balaban J connectivity index is 1.54. The summed E-state index contributed by atoms with van der Waals surface area (Å²) < 4.78 is 17.1. The summed E-state index contributed by atoms with van der Waals surface area (Å²) in [5.74, 6) is 1.61. The number of nitrogens with zero attached hydrogens (tertiary/aromatic N) is 2. The molecule has 0 aliphatic carbocycles. The van der Waals surface area contributed by atoms with Crippen molar-refractivity contribution >= 4 is 22.9 Å². The third kappa shape index (κ3) is 4.42. The summed E-state index contributed by atoms with van der Waals surface area (Å²) >= 11 is 1.70. The predicted molar refractivity (Wildman–Crippen MR) is 109 cm³/mol. The standard InChI is InChI=1S/C21H26N2O4S/c1-15-11-23(12-16(2)27-15)21(24)14-22(13-18-4-3-9-28-18)17-5-6-19-20(10-17)26-8-7-25-19/h3-6,9-10,15-16H,7-8,11-14H2,1-2H3/t15-,16+. The van der Waals surface area contributed by atoms with Crippen LogP contribution in [0.1, 0.15) is 18.7 Å². The maximum atomic E-state index is 13.1. The third-order valence-corrected chi connectivity index (χ3v) is 5.78. The lowest BCUT2D eigenvalue weighted by molar-refractivity contribution is -0.141. The number of ether oxygens (including phenoxy) is 3. The molecule has 0 unspecified atom stereocenters. The molecule has 0 radical (unpaired) electrons. The van der Waals surface area contributed by atoms with Crippen LogP contribution in [-0.4, -0.2) is 55.9 Å². The third-order valence-electron chi connectivity index (χ3n) is 4.92. The molecule has 0 bridgehead atoms. The van der Waals surface area contributed by atoms with E-state index in [2.05, 4.69) is 16.3 Å². The van der Waals surface area contributed by atoms with Gasteiger partial charge in [-0.3, -0.25) is 4.79 Å². The Bertz CT molecular complexity index is 801. The van der Waals surface area contributed by atoms with Gasteiger partial charge in [0.25, 0.3) is 0 Å². The first-order valence-corrected chi connectivity index (χ1v) is 10.6. The number of carbonyl (C=O) groups is 1. The zero-order valence-corrected chi connectivity index (χ0v) is 17.1. The van der Waals surface area contributed by atoms with Crippen molar-refractivity contribution in [3.63, 3.8) is 0 Å². The van der Waals surface area contributed by atoms with Gasteiger partial charge < -0.3 is 24.0 Å². The number of benzene rings is 1. The van der Waals surface area contributed by atoms with E-state index in [9.17, 15) is 4.79 Å². The number of amides is 1. The van der Waals surface area contributed by atoms with Crippen LogP contribution in [0.5, 0.6) is 11.5 Å². The number of rotatable bonds is 5. The van der Waals surface area contributed by atoms with E-state index in [0.717, 1.165) is 17.2 Å². The van der Waals surface area contributed by atoms with Crippen LogP contribution in [0.3, 0.4) is 0 Å². The molecule has 0 spiro atoms. The van der Waals surface area contributed by atoms with Gasteiger partial charge in [-0.15, -0.1) is 11.3 Å². The van der Waals surface area contributed by atoms with Crippen molar-refractivity contribution in [2.24, 2.45) is 0 Å². The van der Waals surface area contributed by atoms with Crippen molar-refractivity contribution in [3.05, 3.63) is 40.6 Å². The summed E-state index contributed by atoms with van der Waals surface area (Å²) in [6.07, 6.45) is 0.125. The average Bonchev–Trinajstić information content (AvgIpc) is 3.19. The van der Waals surface area contributed by atoms with Gasteiger partial charge in [0.1, 0.15) is 13.2 Å². The molecular formula is C21H26N2O4S. The lowest BCUT2D eigenvalue weighted by atomic mass is 10.2. The van der Waals surface area contributed by atoms with E-state index >= 15 is 0 Å². The van der Waals surface area contributed by atoms with Gasteiger partial charge in [0.2, 0.25) is 5.91 Å². The maximum Gasteiger partial charge on any atom is 0.242 e. The van der Waals surface area contributed by atoms with Crippen LogP contribution >= 0.6 is 11.3 Å². The Morgan fingerprint density at radius 2 is 1.89 bits per heavy atom. The highest BCUT2D eigenvalue weighted by Crippen LogP contribution is 2.34. The molecule has 6 nitrogen and oxygen atoms in total. The first kappa shape index (κ1) is 19.1. The first-order valence-electron chi connectivity index (χ1n) is 9.68. The molecule has 2 aliphatic heterocycles. The van der Waals surface area contributed by atoms with Gasteiger partial charge in [0, 0.05) is 29.7 Å². The molecule has 1 saturated heterocycles. The van der Waals surface area contributed by atoms with Crippen LogP contribution in [0.2, 0.25) is 0 Å². The summed E-state index contributed by atoms with van der Waals surface area (Å²) in [6, 6.07) is 10.0. The molecule has 2 atom stereocenters. The summed E-state index contributed by atoms with van der Waals surface area (Å²) in [5.41, 5.74) is 0.959. The van der Waals surface area contributed by atoms with E-state index in [1.165, 1.54) is 4.88 Å². The molecule has 4 rings (SSSR count). The molecule has 28 heavy (non-hydrogen) atoms. The Morgan fingerprint density at radius 3 is 2.61 bits per heavy atom. The number of hydrogen-bond acceptors (Lipinski definition) is 6. The van der Waals surface area contributed by atoms with Crippen molar-refractivity contribution in [1.29, 1.82) is 0 Å². The minimum Gasteiger partial charge on any atom is -0.486 e. The molecule has 2 aliphatic rings. The monoisotopic (exact) mass is 402 g/mol. The van der Waals surface area contributed by atoms with Crippen LogP contribution in [0.15, 0.2) is 35.7 Å². The normalized spacial score (nSPS) is 21.4. The Labute approximate surface area is 169 Å². The average molecular weight is 403 g/mol. The number of thiophene rings is 1. The summed E-state index contributed by atoms with van der Waals surface area (Å²) in [7, 11) is 0. The molecule has 7 heteroatoms. The molecule has 2 aromatic rings. The van der Waals surface area contributed by atoms with E-state index in [-0.39, 0.29) is 18.1 Å². The van der Waals surface area contributed by atoms with Crippen molar-refractivity contribution in [1.82, 2.24) is 4.90 Å². The number of fused-ring (bicyclic) bond motifs is 1. The second-order valence-electron chi connectivity index (χ2n) is 7.32. The summed E-state index contributed by atoms with van der Waals surface area (Å²) in [6.45, 7) is 7.41. The fourth-order valence-corrected chi connectivity index (χ4v) is 4.42. The molecule has 1 aromatic carbocycles. The predicted octanol–water partition coefficient (Wildman–Crippen LogP) is 3.16.